The summed E-state index contributed by atoms with van der Waals surface area (Å²) in [5.41, 5.74) is 7.35. The summed E-state index contributed by atoms with van der Waals surface area (Å²) >= 11 is 5.94. The Bertz CT molecular complexity index is 336. The molecule has 88 valence electrons. The molecule has 0 aliphatic carbocycles. The number of ether oxygens (including phenoxy) is 1. The number of hydrogen-bond donors (Lipinski definition) is 1. The second-order valence-corrected chi connectivity index (χ2v) is 4.84. The standard InChI is InChI=1S/C13H18ClNO/c14-11-5-3-4-10(8-11)9-12(15)13-6-1-2-7-16-13/h3-5,8,12-13H,1-2,6-7,9,15H2. The van der Waals surface area contributed by atoms with Gasteiger partial charge in [-0.15, -0.1) is 0 Å². The number of rotatable bonds is 3. The van der Waals surface area contributed by atoms with Crippen LogP contribution in [0.4, 0.5) is 0 Å². The first kappa shape index (κ1) is 11.9. The zero-order chi connectivity index (χ0) is 11.4. The fraction of sp³-hybridized carbons (Fsp3) is 0.538. The largest absolute Gasteiger partial charge is 0.377 e. The second kappa shape index (κ2) is 5.67. The fourth-order valence-electron chi connectivity index (χ4n) is 2.17. The predicted molar refractivity (Wildman–Crippen MR) is 66.7 cm³/mol. The number of halogens is 1. The van der Waals surface area contributed by atoms with Crippen LogP contribution in [-0.4, -0.2) is 18.8 Å². The third-order valence-corrected chi connectivity index (χ3v) is 3.29. The van der Waals surface area contributed by atoms with Gasteiger partial charge in [0.25, 0.3) is 0 Å². The lowest BCUT2D eigenvalue weighted by molar-refractivity contribution is 0.000636. The first-order chi connectivity index (χ1) is 7.75. The summed E-state index contributed by atoms with van der Waals surface area (Å²) in [6.45, 7) is 0.855. The van der Waals surface area contributed by atoms with Crippen molar-refractivity contribution in [2.45, 2.75) is 37.8 Å². The second-order valence-electron chi connectivity index (χ2n) is 4.40. The van der Waals surface area contributed by atoms with Crippen molar-refractivity contribution in [3.05, 3.63) is 34.9 Å². The minimum absolute atomic E-state index is 0.0822. The van der Waals surface area contributed by atoms with Crippen LogP contribution < -0.4 is 5.73 Å². The maximum absolute atomic E-state index is 6.16. The molecule has 0 spiro atoms. The Morgan fingerprint density at radius 3 is 3.00 bits per heavy atom. The van der Waals surface area contributed by atoms with Crippen LogP contribution in [0.5, 0.6) is 0 Å². The maximum Gasteiger partial charge on any atom is 0.0729 e. The van der Waals surface area contributed by atoms with Gasteiger partial charge in [-0.2, -0.15) is 0 Å². The molecular weight excluding hydrogens is 222 g/mol. The topological polar surface area (TPSA) is 35.2 Å². The molecule has 2 N–H and O–H groups in total. The summed E-state index contributed by atoms with van der Waals surface area (Å²) in [5.74, 6) is 0. The monoisotopic (exact) mass is 239 g/mol. The number of hydrogen-bond acceptors (Lipinski definition) is 2. The number of benzene rings is 1. The molecule has 2 nitrogen and oxygen atoms in total. The van der Waals surface area contributed by atoms with Crippen molar-refractivity contribution in [3.63, 3.8) is 0 Å². The van der Waals surface area contributed by atoms with Gasteiger partial charge in [-0.25, -0.2) is 0 Å². The molecule has 2 atom stereocenters. The van der Waals surface area contributed by atoms with Gasteiger partial charge in [-0.1, -0.05) is 23.7 Å². The van der Waals surface area contributed by atoms with Crippen molar-refractivity contribution in [2.75, 3.05) is 6.61 Å². The molecule has 2 rings (SSSR count). The molecule has 1 aromatic carbocycles. The van der Waals surface area contributed by atoms with Gasteiger partial charge in [0, 0.05) is 17.7 Å². The van der Waals surface area contributed by atoms with E-state index in [4.69, 9.17) is 22.1 Å². The van der Waals surface area contributed by atoms with Crippen molar-refractivity contribution < 1.29 is 4.74 Å². The van der Waals surface area contributed by atoms with Crippen LogP contribution in [0, 0.1) is 0 Å². The van der Waals surface area contributed by atoms with Crippen molar-refractivity contribution >= 4 is 11.6 Å². The van der Waals surface area contributed by atoms with E-state index < -0.39 is 0 Å². The van der Waals surface area contributed by atoms with Gasteiger partial charge < -0.3 is 10.5 Å². The van der Waals surface area contributed by atoms with E-state index >= 15 is 0 Å². The zero-order valence-corrected chi connectivity index (χ0v) is 10.1. The average molecular weight is 240 g/mol. The SMILES string of the molecule is NC(Cc1cccc(Cl)c1)C1CCCCO1. The molecule has 1 fully saturated rings. The highest BCUT2D eigenvalue weighted by molar-refractivity contribution is 6.30. The maximum atomic E-state index is 6.16. The van der Waals surface area contributed by atoms with Gasteiger partial charge in [0.05, 0.1) is 6.10 Å². The predicted octanol–water partition coefficient (Wildman–Crippen LogP) is 2.78. The Morgan fingerprint density at radius 1 is 1.44 bits per heavy atom. The molecule has 3 heteroatoms. The lowest BCUT2D eigenvalue weighted by atomic mass is 9.97. The van der Waals surface area contributed by atoms with E-state index in [1.807, 2.05) is 18.2 Å². The first-order valence-electron chi connectivity index (χ1n) is 5.87. The van der Waals surface area contributed by atoms with E-state index in [-0.39, 0.29) is 12.1 Å². The van der Waals surface area contributed by atoms with E-state index in [9.17, 15) is 0 Å². The minimum Gasteiger partial charge on any atom is -0.377 e. The van der Waals surface area contributed by atoms with Gasteiger partial charge in [0.1, 0.15) is 0 Å². The van der Waals surface area contributed by atoms with E-state index in [1.54, 1.807) is 0 Å². The highest BCUT2D eigenvalue weighted by atomic mass is 35.5. The third-order valence-electron chi connectivity index (χ3n) is 3.05. The van der Waals surface area contributed by atoms with Gasteiger partial charge in [-0.3, -0.25) is 0 Å². The molecule has 0 amide bonds. The van der Waals surface area contributed by atoms with E-state index in [1.165, 1.54) is 18.4 Å². The smallest absolute Gasteiger partial charge is 0.0729 e. The van der Waals surface area contributed by atoms with Crippen molar-refractivity contribution in [3.8, 4) is 0 Å². The van der Waals surface area contributed by atoms with E-state index in [0.717, 1.165) is 24.5 Å². The first-order valence-corrected chi connectivity index (χ1v) is 6.25. The van der Waals surface area contributed by atoms with Crippen LogP contribution in [0.2, 0.25) is 5.02 Å². The van der Waals surface area contributed by atoms with E-state index in [0.29, 0.717) is 0 Å². The molecule has 1 heterocycles. The molecular formula is C13H18ClNO. The molecule has 1 aliphatic rings. The fourth-order valence-corrected chi connectivity index (χ4v) is 2.38. The Kier molecular flexibility index (Phi) is 4.22. The van der Waals surface area contributed by atoms with Gasteiger partial charge in [0.2, 0.25) is 0 Å². The molecule has 0 bridgehead atoms. The summed E-state index contributed by atoms with van der Waals surface area (Å²) in [5, 5.41) is 0.772. The summed E-state index contributed by atoms with van der Waals surface area (Å²) in [6, 6.07) is 7.97. The summed E-state index contributed by atoms with van der Waals surface area (Å²) in [6.07, 6.45) is 4.54. The van der Waals surface area contributed by atoms with Crippen molar-refractivity contribution in [2.24, 2.45) is 5.73 Å². The van der Waals surface area contributed by atoms with Crippen LogP contribution in [-0.2, 0) is 11.2 Å². The Hall–Kier alpha value is -0.570. The van der Waals surface area contributed by atoms with Crippen LogP contribution in [0.15, 0.2) is 24.3 Å². The highest BCUT2D eigenvalue weighted by Gasteiger charge is 2.21. The molecule has 2 unspecified atom stereocenters. The summed E-state index contributed by atoms with van der Waals surface area (Å²) in [7, 11) is 0. The molecule has 1 aromatic rings. The average Bonchev–Trinajstić information content (AvgIpc) is 2.30. The Balaban J connectivity index is 1.93. The highest BCUT2D eigenvalue weighted by Crippen LogP contribution is 2.18. The molecule has 1 saturated heterocycles. The Morgan fingerprint density at radius 2 is 2.31 bits per heavy atom. The zero-order valence-electron chi connectivity index (χ0n) is 9.36. The van der Waals surface area contributed by atoms with Crippen LogP contribution >= 0.6 is 11.6 Å². The van der Waals surface area contributed by atoms with Crippen LogP contribution in [0.1, 0.15) is 24.8 Å². The van der Waals surface area contributed by atoms with Gasteiger partial charge in [0.15, 0.2) is 0 Å². The third kappa shape index (κ3) is 3.21. The van der Waals surface area contributed by atoms with Crippen molar-refractivity contribution in [1.82, 2.24) is 0 Å². The normalized spacial score (nSPS) is 23.0. The molecule has 0 saturated carbocycles. The van der Waals surface area contributed by atoms with Crippen molar-refractivity contribution in [1.29, 1.82) is 0 Å². The van der Waals surface area contributed by atoms with E-state index in [2.05, 4.69) is 6.07 Å². The Labute approximate surface area is 102 Å². The molecule has 0 radical (unpaired) electrons. The van der Waals surface area contributed by atoms with Gasteiger partial charge in [-0.05, 0) is 43.4 Å². The summed E-state index contributed by atoms with van der Waals surface area (Å²) < 4.78 is 5.68. The molecule has 16 heavy (non-hydrogen) atoms. The lowest BCUT2D eigenvalue weighted by Gasteiger charge is -2.28. The lowest BCUT2D eigenvalue weighted by Crippen LogP contribution is -2.40. The van der Waals surface area contributed by atoms with Crippen LogP contribution in [0.3, 0.4) is 0 Å². The molecule has 0 aromatic heterocycles. The summed E-state index contributed by atoms with van der Waals surface area (Å²) in [4.78, 5) is 0. The number of nitrogens with two attached hydrogens (primary N) is 1. The van der Waals surface area contributed by atoms with Crippen LogP contribution in [0.25, 0.3) is 0 Å². The quantitative estimate of drug-likeness (QED) is 0.881. The molecule has 1 aliphatic heterocycles. The van der Waals surface area contributed by atoms with Gasteiger partial charge >= 0.3 is 0 Å². The minimum atomic E-state index is 0.0822.